The number of amides is 1. The zero-order valence-corrected chi connectivity index (χ0v) is 16.7. The molecule has 2 aromatic heterocycles. The Hall–Kier alpha value is -2.54. The minimum absolute atomic E-state index is 0.229. The van der Waals surface area contributed by atoms with Gasteiger partial charge >= 0.3 is 0 Å². The molecule has 2 aromatic rings. The number of aryl methyl sites for hydroxylation is 2. The van der Waals surface area contributed by atoms with Crippen LogP contribution in [0.2, 0.25) is 0 Å². The second kappa shape index (κ2) is 8.00. The highest BCUT2D eigenvalue weighted by molar-refractivity contribution is 5.90. The van der Waals surface area contributed by atoms with Crippen LogP contribution in [0.3, 0.4) is 0 Å². The molecule has 7 nitrogen and oxygen atoms in total. The van der Waals surface area contributed by atoms with E-state index in [0.717, 1.165) is 36.6 Å². The largest absolute Gasteiger partial charge is 0.355 e. The van der Waals surface area contributed by atoms with Crippen molar-refractivity contribution in [1.82, 2.24) is 25.6 Å². The van der Waals surface area contributed by atoms with Gasteiger partial charge in [0.2, 0.25) is 5.82 Å². The Labute approximate surface area is 160 Å². The fraction of sp³-hybridized carbons (Fsp3) is 0.500. The first-order valence-corrected chi connectivity index (χ1v) is 9.39. The van der Waals surface area contributed by atoms with Crippen LogP contribution in [0.5, 0.6) is 0 Å². The number of carbonyl (C=O) groups is 1. The molecule has 0 bridgehead atoms. The van der Waals surface area contributed by atoms with E-state index in [1.54, 1.807) is 7.05 Å². The molecule has 3 heterocycles. The maximum absolute atomic E-state index is 12.0. The molecule has 2 atom stereocenters. The Morgan fingerprint density at radius 2 is 2.07 bits per heavy atom. The van der Waals surface area contributed by atoms with Crippen molar-refractivity contribution in [3.05, 3.63) is 46.7 Å². The summed E-state index contributed by atoms with van der Waals surface area (Å²) in [7, 11) is 1.60. The van der Waals surface area contributed by atoms with E-state index < -0.39 is 0 Å². The van der Waals surface area contributed by atoms with E-state index in [1.165, 1.54) is 11.1 Å². The standard InChI is InChI=1S/C20H28N6O/c1-12-10-22-8-6-17(12)15(4)23-16-7-9-26(11-16)19-13(2)14(3)24-18(25-19)20(27)21-5/h6,8,10,15-16,23H,7,9,11H2,1-5H3,(H,21,27)/t15?,16-/m1/s1. The Kier molecular flexibility index (Phi) is 5.70. The van der Waals surface area contributed by atoms with Crippen LogP contribution in [0.4, 0.5) is 5.82 Å². The topological polar surface area (TPSA) is 83.0 Å². The first-order chi connectivity index (χ1) is 12.9. The zero-order valence-electron chi connectivity index (χ0n) is 16.7. The molecule has 27 heavy (non-hydrogen) atoms. The van der Waals surface area contributed by atoms with Gasteiger partial charge in [0.15, 0.2) is 0 Å². The van der Waals surface area contributed by atoms with Crippen molar-refractivity contribution in [2.24, 2.45) is 0 Å². The van der Waals surface area contributed by atoms with E-state index in [1.807, 2.05) is 26.2 Å². The van der Waals surface area contributed by atoms with Gasteiger partial charge in [-0.2, -0.15) is 0 Å². The van der Waals surface area contributed by atoms with Gasteiger partial charge < -0.3 is 15.5 Å². The van der Waals surface area contributed by atoms with Crippen molar-refractivity contribution in [2.45, 2.75) is 46.2 Å². The lowest BCUT2D eigenvalue weighted by Gasteiger charge is -2.23. The van der Waals surface area contributed by atoms with Crippen LogP contribution >= 0.6 is 0 Å². The first-order valence-electron chi connectivity index (χ1n) is 9.39. The third-order valence-corrected chi connectivity index (χ3v) is 5.30. The predicted molar refractivity (Wildman–Crippen MR) is 106 cm³/mol. The molecule has 1 aliphatic rings. The van der Waals surface area contributed by atoms with E-state index >= 15 is 0 Å². The first kappa shape index (κ1) is 19.2. The van der Waals surface area contributed by atoms with Crippen LogP contribution in [0.15, 0.2) is 18.5 Å². The molecular weight excluding hydrogens is 340 g/mol. The number of nitrogens with zero attached hydrogens (tertiary/aromatic N) is 4. The van der Waals surface area contributed by atoms with Gasteiger partial charge in [-0.1, -0.05) is 0 Å². The SMILES string of the molecule is CNC(=O)c1nc(C)c(C)c(N2CC[C@@H](NC(C)c3ccncc3C)C2)n1. The summed E-state index contributed by atoms with van der Waals surface area (Å²) in [6.07, 6.45) is 4.78. The van der Waals surface area contributed by atoms with Gasteiger partial charge in [-0.25, -0.2) is 9.97 Å². The Morgan fingerprint density at radius 1 is 1.30 bits per heavy atom. The van der Waals surface area contributed by atoms with E-state index in [4.69, 9.17) is 0 Å². The maximum atomic E-state index is 12.0. The second-order valence-corrected chi connectivity index (χ2v) is 7.21. The van der Waals surface area contributed by atoms with Crippen LogP contribution < -0.4 is 15.5 Å². The molecule has 144 valence electrons. The van der Waals surface area contributed by atoms with Crippen LogP contribution in [0.1, 0.15) is 52.4 Å². The molecule has 1 unspecified atom stereocenters. The molecule has 0 aromatic carbocycles. The van der Waals surface area contributed by atoms with Gasteiger partial charge in [0.25, 0.3) is 5.91 Å². The number of nitrogens with one attached hydrogen (secondary N) is 2. The van der Waals surface area contributed by atoms with Gasteiger partial charge in [0.05, 0.1) is 0 Å². The third-order valence-electron chi connectivity index (χ3n) is 5.30. The summed E-state index contributed by atoms with van der Waals surface area (Å²) < 4.78 is 0. The average Bonchev–Trinajstić information content (AvgIpc) is 3.11. The minimum atomic E-state index is -0.255. The van der Waals surface area contributed by atoms with E-state index in [2.05, 4.69) is 50.4 Å². The molecule has 0 saturated carbocycles. The summed E-state index contributed by atoms with van der Waals surface area (Å²) in [6, 6.07) is 2.70. The van der Waals surface area contributed by atoms with E-state index in [9.17, 15) is 4.79 Å². The van der Waals surface area contributed by atoms with Gasteiger partial charge in [0.1, 0.15) is 5.82 Å². The quantitative estimate of drug-likeness (QED) is 0.841. The van der Waals surface area contributed by atoms with Crippen molar-refractivity contribution < 1.29 is 4.79 Å². The molecule has 1 amide bonds. The monoisotopic (exact) mass is 368 g/mol. The number of carbonyl (C=O) groups excluding carboxylic acids is 1. The number of rotatable bonds is 5. The van der Waals surface area contributed by atoms with Crippen LogP contribution in [-0.2, 0) is 0 Å². The average molecular weight is 368 g/mol. The van der Waals surface area contributed by atoms with E-state index in [0.29, 0.717) is 6.04 Å². The fourth-order valence-electron chi connectivity index (χ4n) is 3.64. The van der Waals surface area contributed by atoms with Crippen LogP contribution in [0, 0.1) is 20.8 Å². The van der Waals surface area contributed by atoms with Crippen molar-refractivity contribution in [3.63, 3.8) is 0 Å². The van der Waals surface area contributed by atoms with E-state index in [-0.39, 0.29) is 17.8 Å². The molecule has 0 aliphatic carbocycles. The fourth-order valence-corrected chi connectivity index (χ4v) is 3.64. The zero-order chi connectivity index (χ0) is 19.6. The Bertz CT molecular complexity index is 837. The summed E-state index contributed by atoms with van der Waals surface area (Å²) >= 11 is 0. The number of aromatic nitrogens is 3. The Morgan fingerprint density at radius 3 is 2.78 bits per heavy atom. The van der Waals surface area contributed by atoms with Gasteiger partial charge in [0, 0.05) is 55.9 Å². The molecule has 2 N–H and O–H groups in total. The molecular formula is C20H28N6O. The van der Waals surface area contributed by atoms with Crippen molar-refractivity contribution in [1.29, 1.82) is 0 Å². The molecule has 1 aliphatic heterocycles. The highest BCUT2D eigenvalue weighted by Gasteiger charge is 2.27. The van der Waals surface area contributed by atoms with Crippen LogP contribution in [0.25, 0.3) is 0 Å². The second-order valence-electron chi connectivity index (χ2n) is 7.21. The lowest BCUT2D eigenvalue weighted by molar-refractivity contribution is 0.0952. The van der Waals surface area contributed by atoms with Gasteiger partial charge in [-0.3, -0.25) is 9.78 Å². The highest BCUT2D eigenvalue weighted by atomic mass is 16.2. The number of hydrogen-bond donors (Lipinski definition) is 2. The number of hydrogen-bond acceptors (Lipinski definition) is 6. The molecule has 3 rings (SSSR count). The molecule has 1 saturated heterocycles. The number of pyridine rings is 1. The smallest absolute Gasteiger partial charge is 0.288 e. The molecule has 1 fully saturated rings. The minimum Gasteiger partial charge on any atom is -0.355 e. The maximum Gasteiger partial charge on any atom is 0.288 e. The normalized spacial score (nSPS) is 17.8. The van der Waals surface area contributed by atoms with Crippen LogP contribution in [-0.4, -0.2) is 47.0 Å². The third kappa shape index (κ3) is 4.08. The summed E-state index contributed by atoms with van der Waals surface area (Å²) in [5.74, 6) is 0.834. The lowest BCUT2D eigenvalue weighted by Crippen LogP contribution is -2.35. The summed E-state index contributed by atoms with van der Waals surface area (Å²) in [5.41, 5.74) is 4.35. The summed E-state index contributed by atoms with van der Waals surface area (Å²) in [4.78, 5) is 27.3. The van der Waals surface area contributed by atoms with Crippen molar-refractivity contribution >= 4 is 11.7 Å². The van der Waals surface area contributed by atoms with Gasteiger partial charge in [-0.05, 0) is 51.3 Å². The highest BCUT2D eigenvalue weighted by Crippen LogP contribution is 2.25. The Balaban J connectivity index is 1.73. The van der Waals surface area contributed by atoms with Crippen molar-refractivity contribution in [2.75, 3.05) is 25.0 Å². The summed E-state index contributed by atoms with van der Waals surface area (Å²) in [6.45, 7) is 9.99. The van der Waals surface area contributed by atoms with Gasteiger partial charge in [-0.15, -0.1) is 0 Å². The lowest BCUT2D eigenvalue weighted by atomic mass is 10.0. The number of anilines is 1. The predicted octanol–water partition coefficient (Wildman–Crippen LogP) is 2.09. The molecule has 0 radical (unpaired) electrons. The van der Waals surface area contributed by atoms with Crippen molar-refractivity contribution in [3.8, 4) is 0 Å². The summed E-state index contributed by atoms with van der Waals surface area (Å²) in [5, 5.41) is 6.33. The molecule has 7 heteroatoms. The molecule has 0 spiro atoms.